The van der Waals surface area contributed by atoms with Crippen LogP contribution in [0.3, 0.4) is 0 Å². The Morgan fingerprint density at radius 1 is 1.29 bits per heavy atom. The first-order chi connectivity index (χ1) is 10.1. The van der Waals surface area contributed by atoms with Crippen molar-refractivity contribution >= 4 is 17.8 Å². The number of aryl methyl sites for hydroxylation is 1. The van der Waals surface area contributed by atoms with Crippen LogP contribution in [0.1, 0.15) is 30.4 Å². The fourth-order valence-electron chi connectivity index (χ4n) is 2.18. The van der Waals surface area contributed by atoms with Crippen LogP contribution in [-0.4, -0.2) is 35.6 Å². The third-order valence-electron chi connectivity index (χ3n) is 3.78. The highest BCUT2D eigenvalue weighted by Gasteiger charge is 2.34. The molecule has 0 radical (unpaired) electrons. The number of hydrogen-bond acceptors (Lipinski definition) is 3. The van der Waals surface area contributed by atoms with Crippen molar-refractivity contribution in [3.8, 4) is 0 Å². The van der Waals surface area contributed by atoms with Crippen molar-refractivity contribution in [3.63, 3.8) is 0 Å². The molecule has 0 saturated heterocycles. The molecule has 21 heavy (non-hydrogen) atoms. The molecule has 0 aliphatic heterocycles. The molecule has 4 nitrogen and oxygen atoms in total. The van der Waals surface area contributed by atoms with E-state index in [1.807, 2.05) is 0 Å². The lowest BCUT2D eigenvalue weighted by atomic mass is 9.80. The molecule has 2 amide bonds. The number of benzene rings is 1. The Morgan fingerprint density at radius 2 is 2.00 bits per heavy atom. The average molecular weight is 308 g/mol. The number of nitrogens with one attached hydrogen (secondary N) is 2. The van der Waals surface area contributed by atoms with Crippen LogP contribution in [0.4, 0.5) is 4.79 Å². The number of rotatable bonds is 7. The van der Waals surface area contributed by atoms with Crippen molar-refractivity contribution in [1.82, 2.24) is 10.6 Å². The van der Waals surface area contributed by atoms with Gasteiger partial charge in [-0.25, -0.2) is 4.79 Å². The Balaban J connectivity index is 1.51. The zero-order valence-electron chi connectivity index (χ0n) is 12.5. The second-order valence-corrected chi connectivity index (χ2v) is 6.83. The van der Waals surface area contributed by atoms with Crippen LogP contribution in [0.5, 0.6) is 0 Å². The van der Waals surface area contributed by atoms with E-state index in [0.29, 0.717) is 13.1 Å². The van der Waals surface area contributed by atoms with E-state index in [4.69, 9.17) is 0 Å². The highest BCUT2D eigenvalue weighted by atomic mass is 32.2. The van der Waals surface area contributed by atoms with Crippen LogP contribution in [-0.2, 0) is 5.75 Å². The Labute approximate surface area is 130 Å². The number of carbonyl (C=O) groups is 1. The highest BCUT2D eigenvalue weighted by Crippen LogP contribution is 2.30. The topological polar surface area (TPSA) is 61.4 Å². The molecule has 0 atom stereocenters. The lowest BCUT2D eigenvalue weighted by Gasteiger charge is -2.36. The van der Waals surface area contributed by atoms with Crippen LogP contribution in [0, 0.1) is 6.92 Å². The summed E-state index contributed by atoms with van der Waals surface area (Å²) in [5, 5.41) is 15.4. The maximum atomic E-state index is 11.6. The maximum absolute atomic E-state index is 11.6. The molecule has 0 unspecified atom stereocenters. The number of hydrogen-bond donors (Lipinski definition) is 3. The number of carbonyl (C=O) groups excluding carboxylic acids is 1. The molecule has 1 aliphatic rings. The summed E-state index contributed by atoms with van der Waals surface area (Å²) in [5.74, 6) is 1.84. The molecular weight excluding hydrogens is 284 g/mol. The van der Waals surface area contributed by atoms with Crippen LogP contribution in [0.2, 0.25) is 0 Å². The van der Waals surface area contributed by atoms with Gasteiger partial charge in [0.05, 0.1) is 5.60 Å². The van der Waals surface area contributed by atoms with Crippen LogP contribution >= 0.6 is 11.8 Å². The monoisotopic (exact) mass is 308 g/mol. The Bertz CT molecular complexity index is 458. The second kappa shape index (κ2) is 7.71. The van der Waals surface area contributed by atoms with Crippen molar-refractivity contribution < 1.29 is 9.90 Å². The number of thioether (sulfide) groups is 1. The van der Waals surface area contributed by atoms with Crippen molar-refractivity contribution in [3.05, 3.63) is 35.4 Å². The van der Waals surface area contributed by atoms with E-state index in [1.165, 1.54) is 11.1 Å². The van der Waals surface area contributed by atoms with E-state index in [0.717, 1.165) is 30.8 Å². The third kappa shape index (κ3) is 5.59. The summed E-state index contributed by atoms with van der Waals surface area (Å²) in [6.07, 6.45) is 2.63. The molecule has 0 spiro atoms. The minimum atomic E-state index is -0.655. The predicted molar refractivity (Wildman–Crippen MR) is 87.5 cm³/mol. The Morgan fingerprint density at radius 3 is 2.62 bits per heavy atom. The molecule has 1 aromatic carbocycles. The van der Waals surface area contributed by atoms with Crippen LogP contribution in [0.25, 0.3) is 0 Å². The molecule has 5 heteroatoms. The van der Waals surface area contributed by atoms with E-state index < -0.39 is 5.60 Å². The zero-order chi connectivity index (χ0) is 15.1. The molecule has 1 aromatic rings. The fraction of sp³-hybridized carbons (Fsp3) is 0.562. The minimum absolute atomic E-state index is 0.189. The summed E-state index contributed by atoms with van der Waals surface area (Å²) in [4.78, 5) is 11.6. The van der Waals surface area contributed by atoms with Crippen molar-refractivity contribution in [2.75, 3.05) is 18.8 Å². The molecule has 3 N–H and O–H groups in total. The minimum Gasteiger partial charge on any atom is -0.388 e. The molecule has 0 heterocycles. The van der Waals surface area contributed by atoms with Gasteiger partial charge >= 0.3 is 6.03 Å². The summed E-state index contributed by atoms with van der Waals surface area (Å²) < 4.78 is 0. The normalized spacial score (nSPS) is 16.1. The van der Waals surface area contributed by atoms with Gasteiger partial charge in [0.15, 0.2) is 0 Å². The van der Waals surface area contributed by atoms with Gasteiger partial charge < -0.3 is 15.7 Å². The van der Waals surface area contributed by atoms with E-state index in [9.17, 15) is 9.90 Å². The molecular formula is C16H24N2O2S. The van der Waals surface area contributed by atoms with Gasteiger partial charge in [-0.1, -0.05) is 29.8 Å². The first-order valence-corrected chi connectivity index (χ1v) is 8.60. The number of aliphatic hydroxyl groups is 1. The number of amides is 2. The molecule has 0 aromatic heterocycles. The third-order valence-corrected chi connectivity index (χ3v) is 4.81. The summed E-state index contributed by atoms with van der Waals surface area (Å²) in [5.41, 5.74) is 1.93. The Kier molecular flexibility index (Phi) is 5.94. The van der Waals surface area contributed by atoms with E-state index in [1.54, 1.807) is 11.8 Å². The van der Waals surface area contributed by atoms with E-state index in [-0.39, 0.29) is 6.03 Å². The molecule has 116 valence electrons. The molecule has 0 bridgehead atoms. The highest BCUT2D eigenvalue weighted by molar-refractivity contribution is 7.98. The van der Waals surface area contributed by atoms with Gasteiger partial charge in [-0.2, -0.15) is 11.8 Å². The summed E-state index contributed by atoms with van der Waals surface area (Å²) in [6, 6.07) is 8.33. The van der Waals surface area contributed by atoms with Crippen molar-refractivity contribution in [1.29, 1.82) is 0 Å². The van der Waals surface area contributed by atoms with Crippen LogP contribution in [0.15, 0.2) is 24.3 Å². The summed E-state index contributed by atoms with van der Waals surface area (Å²) in [7, 11) is 0. The van der Waals surface area contributed by atoms with Gasteiger partial charge in [0.2, 0.25) is 0 Å². The zero-order valence-corrected chi connectivity index (χ0v) is 13.3. The van der Waals surface area contributed by atoms with E-state index in [2.05, 4.69) is 41.8 Å². The largest absolute Gasteiger partial charge is 0.388 e. The van der Waals surface area contributed by atoms with Gasteiger partial charge in [-0.15, -0.1) is 0 Å². The van der Waals surface area contributed by atoms with Crippen molar-refractivity contribution in [2.24, 2.45) is 0 Å². The van der Waals surface area contributed by atoms with Crippen LogP contribution < -0.4 is 10.6 Å². The molecule has 1 fully saturated rings. The van der Waals surface area contributed by atoms with Gasteiger partial charge in [-0.3, -0.25) is 0 Å². The lowest BCUT2D eigenvalue weighted by Crippen LogP contribution is -2.50. The van der Waals surface area contributed by atoms with Gasteiger partial charge in [0, 0.05) is 24.6 Å². The standard InChI is InChI=1S/C16H24N2O2S/c1-13-3-5-14(6-4-13)11-21-10-9-17-15(19)18-12-16(20)7-2-8-16/h3-6,20H,2,7-12H2,1H3,(H2,17,18,19). The van der Waals surface area contributed by atoms with Gasteiger partial charge in [0.1, 0.15) is 0 Å². The average Bonchev–Trinajstić information content (AvgIpc) is 2.44. The smallest absolute Gasteiger partial charge is 0.314 e. The van der Waals surface area contributed by atoms with Gasteiger partial charge in [0.25, 0.3) is 0 Å². The SMILES string of the molecule is Cc1ccc(CSCCNC(=O)NCC2(O)CCC2)cc1. The first-order valence-electron chi connectivity index (χ1n) is 7.45. The maximum Gasteiger partial charge on any atom is 0.314 e. The fourth-order valence-corrected chi connectivity index (χ4v) is 3.00. The second-order valence-electron chi connectivity index (χ2n) is 5.73. The quantitative estimate of drug-likeness (QED) is 0.678. The summed E-state index contributed by atoms with van der Waals surface area (Å²) in [6.45, 7) is 3.08. The molecule has 1 aliphatic carbocycles. The molecule has 2 rings (SSSR count). The Hall–Kier alpha value is -1.20. The summed E-state index contributed by atoms with van der Waals surface area (Å²) >= 11 is 1.80. The van der Waals surface area contributed by atoms with E-state index >= 15 is 0 Å². The first kappa shape index (κ1) is 16.2. The molecule has 1 saturated carbocycles. The predicted octanol–water partition coefficient (Wildman–Crippen LogP) is 2.44. The lowest BCUT2D eigenvalue weighted by molar-refractivity contribution is -0.0289. The van der Waals surface area contributed by atoms with Gasteiger partial charge in [-0.05, 0) is 31.7 Å². The number of urea groups is 1. The van der Waals surface area contributed by atoms with Crippen molar-refractivity contribution in [2.45, 2.75) is 37.5 Å².